The zero-order valence-electron chi connectivity index (χ0n) is 13.6. The fourth-order valence-electron chi connectivity index (χ4n) is 3.36. The van der Waals surface area contributed by atoms with Crippen molar-refractivity contribution in [3.63, 3.8) is 0 Å². The molecule has 2 heterocycles. The molecule has 9 heteroatoms. The zero-order chi connectivity index (χ0) is 18.0. The summed E-state index contributed by atoms with van der Waals surface area (Å²) in [5, 5.41) is 6.71. The Balaban J connectivity index is 2.00. The van der Waals surface area contributed by atoms with Gasteiger partial charge in [0.15, 0.2) is 5.17 Å². The van der Waals surface area contributed by atoms with Gasteiger partial charge in [-0.25, -0.2) is 19.3 Å². The van der Waals surface area contributed by atoms with Crippen molar-refractivity contribution in [2.45, 2.75) is 18.1 Å². The Labute approximate surface area is 148 Å². The number of thioether (sulfide) groups is 1. The second kappa shape index (κ2) is 7.09. The van der Waals surface area contributed by atoms with Crippen molar-refractivity contribution in [3.8, 4) is 0 Å². The number of benzene rings is 1. The summed E-state index contributed by atoms with van der Waals surface area (Å²) in [5.41, 5.74) is 13.0. The van der Waals surface area contributed by atoms with Crippen LogP contribution in [0, 0.1) is 23.1 Å². The molecular formula is C16H19F2N5OS. The normalized spacial score (nSPS) is 29.6. The zero-order valence-corrected chi connectivity index (χ0v) is 14.4. The molecule has 1 fully saturated rings. The maximum atomic E-state index is 14.5. The molecule has 0 aliphatic carbocycles. The number of ether oxygens (including phenoxy) is 1. The van der Waals surface area contributed by atoms with Gasteiger partial charge in [-0.15, -0.1) is 0 Å². The molecule has 0 unspecified atom stereocenters. The van der Waals surface area contributed by atoms with E-state index in [0.717, 1.165) is 6.07 Å². The van der Waals surface area contributed by atoms with Crippen LogP contribution in [-0.4, -0.2) is 30.7 Å². The second-order valence-electron chi connectivity index (χ2n) is 6.01. The van der Waals surface area contributed by atoms with Gasteiger partial charge in [0.1, 0.15) is 29.0 Å². The highest BCUT2D eigenvalue weighted by Gasteiger charge is 2.50. The van der Waals surface area contributed by atoms with E-state index in [2.05, 4.69) is 15.4 Å². The molecule has 0 saturated carbocycles. The standard InChI is InChI=1S/C16H19F2N5OS/c1-21-6-13(23-20)14-4-9-7-25-15(19)22-16(9,8-24-14)11-3-2-10(17)5-12(11)18/h2-3,5-6,9,14,20-21H,4,7-8H2,1H3,(H2,19,22)/b13-6-,23-20?/t9-,14+,16-/m0/s1. The summed E-state index contributed by atoms with van der Waals surface area (Å²) >= 11 is 1.40. The minimum Gasteiger partial charge on any atom is -0.392 e. The minimum atomic E-state index is -0.990. The summed E-state index contributed by atoms with van der Waals surface area (Å²) < 4.78 is 33.7. The summed E-state index contributed by atoms with van der Waals surface area (Å²) in [6.07, 6.45) is 1.73. The Kier molecular flexibility index (Phi) is 5.05. The van der Waals surface area contributed by atoms with E-state index in [1.807, 2.05) is 0 Å². The molecule has 2 aliphatic heterocycles. The highest BCUT2D eigenvalue weighted by Crippen LogP contribution is 2.47. The van der Waals surface area contributed by atoms with Crippen molar-refractivity contribution in [1.29, 1.82) is 5.53 Å². The van der Waals surface area contributed by atoms with Gasteiger partial charge < -0.3 is 15.8 Å². The largest absolute Gasteiger partial charge is 0.392 e. The third kappa shape index (κ3) is 3.25. The Hall–Kier alpha value is -2.00. The lowest BCUT2D eigenvalue weighted by atomic mass is 9.74. The first-order valence-corrected chi connectivity index (χ1v) is 8.78. The summed E-state index contributed by atoms with van der Waals surface area (Å²) in [7, 11) is 1.72. The van der Waals surface area contributed by atoms with E-state index in [-0.39, 0.29) is 24.2 Å². The maximum Gasteiger partial charge on any atom is 0.154 e. The highest BCUT2D eigenvalue weighted by molar-refractivity contribution is 8.13. The van der Waals surface area contributed by atoms with E-state index in [0.29, 0.717) is 23.0 Å². The molecule has 2 aliphatic rings. The van der Waals surface area contributed by atoms with Gasteiger partial charge in [-0.05, 0) is 12.5 Å². The molecule has 0 amide bonds. The van der Waals surface area contributed by atoms with Gasteiger partial charge in [0.25, 0.3) is 0 Å². The van der Waals surface area contributed by atoms with Gasteiger partial charge in [-0.2, -0.15) is 5.11 Å². The Morgan fingerprint density at radius 2 is 2.36 bits per heavy atom. The predicted molar refractivity (Wildman–Crippen MR) is 92.3 cm³/mol. The molecule has 3 atom stereocenters. The minimum absolute atomic E-state index is 0.0782. The number of aliphatic imine (C=N–C) groups is 1. The van der Waals surface area contributed by atoms with Gasteiger partial charge in [0.05, 0.1) is 6.61 Å². The van der Waals surface area contributed by atoms with Crippen LogP contribution in [0.1, 0.15) is 12.0 Å². The second-order valence-corrected chi connectivity index (χ2v) is 7.05. The topological polar surface area (TPSA) is 95.9 Å². The molecule has 25 heavy (non-hydrogen) atoms. The summed E-state index contributed by atoms with van der Waals surface area (Å²) in [5.74, 6) is -0.744. The summed E-state index contributed by atoms with van der Waals surface area (Å²) in [6, 6.07) is 3.48. The van der Waals surface area contributed by atoms with Gasteiger partial charge >= 0.3 is 0 Å². The van der Waals surface area contributed by atoms with E-state index in [9.17, 15) is 8.78 Å². The highest BCUT2D eigenvalue weighted by atomic mass is 32.2. The predicted octanol–water partition coefficient (Wildman–Crippen LogP) is 2.72. The number of nitrogens with two attached hydrogens (primary N) is 1. The maximum absolute atomic E-state index is 14.5. The van der Waals surface area contributed by atoms with Crippen LogP contribution in [-0.2, 0) is 10.3 Å². The van der Waals surface area contributed by atoms with E-state index in [4.69, 9.17) is 16.0 Å². The average molecular weight is 367 g/mol. The first-order chi connectivity index (χ1) is 12.0. The van der Waals surface area contributed by atoms with Gasteiger partial charge in [-0.3, -0.25) is 0 Å². The lowest BCUT2D eigenvalue weighted by Gasteiger charge is -2.46. The Bertz CT molecular complexity index is 741. The van der Waals surface area contributed by atoms with Gasteiger partial charge in [0.2, 0.25) is 0 Å². The van der Waals surface area contributed by atoms with Crippen molar-refractivity contribution < 1.29 is 13.5 Å². The molecule has 6 nitrogen and oxygen atoms in total. The molecule has 134 valence electrons. The Morgan fingerprint density at radius 3 is 3.04 bits per heavy atom. The quantitative estimate of drug-likeness (QED) is 0.713. The number of hydrogen-bond acceptors (Lipinski definition) is 7. The van der Waals surface area contributed by atoms with E-state index >= 15 is 0 Å². The molecule has 3 rings (SSSR count). The fourth-order valence-corrected chi connectivity index (χ4v) is 4.37. The first kappa shape index (κ1) is 17.8. The SMILES string of the molecule is CN/C=C(\N=N)[C@H]1C[C@H]2CSC(N)=N[C@@]2(c2ccc(F)cc2F)CO1. The number of amidine groups is 1. The van der Waals surface area contributed by atoms with Crippen molar-refractivity contribution in [2.75, 3.05) is 19.4 Å². The summed E-state index contributed by atoms with van der Waals surface area (Å²) in [6.45, 7) is 0.0860. The lowest BCUT2D eigenvalue weighted by molar-refractivity contribution is -0.0405. The molecule has 1 aromatic carbocycles. The smallest absolute Gasteiger partial charge is 0.154 e. The van der Waals surface area contributed by atoms with E-state index in [1.165, 1.54) is 23.9 Å². The van der Waals surface area contributed by atoms with Gasteiger partial charge in [0, 0.05) is 36.5 Å². The number of fused-ring (bicyclic) bond motifs is 1. The molecule has 0 spiro atoms. The molecule has 1 aromatic rings. The number of rotatable bonds is 4. The molecule has 0 radical (unpaired) electrons. The molecule has 4 N–H and O–H groups in total. The third-order valence-electron chi connectivity index (χ3n) is 4.57. The number of halogens is 2. The van der Waals surface area contributed by atoms with Crippen LogP contribution >= 0.6 is 11.8 Å². The Morgan fingerprint density at radius 1 is 1.56 bits per heavy atom. The lowest BCUT2D eigenvalue weighted by Crippen LogP contribution is -2.50. The van der Waals surface area contributed by atoms with Crippen molar-refractivity contribution in [1.82, 2.24) is 5.32 Å². The monoisotopic (exact) mass is 367 g/mol. The van der Waals surface area contributed by atoms with Crippen LogP contribution in [0.3, 0.4) is 0 Å². The molecular weight excluding hydrogens is 348 g/mol. The van der Waals surface area contributed by atoms with Crippen LogP contribution in [0.15, 0.2) is 40.2 Å². The van der Waals surface area contributed by atoms with Crippen molar-refractivity contribution in [3.05, 3.63) is 47.3 Å². The number of nitrogens with zero attached hydrogens (tertiary/aromatic N) is 2. The van der Waals surface area contributed by atoms with Crippen LogP contribution in [0.25, 0.3) is 0 Å². The van der Waals surface area contributed by atoms with Crippen LogP contribution < -0.4 is 11.1 Å². The first-order valence-electron chi connectivity index (χ1n) is 7.80. The van der Waals surface area contributed by atoms with E-state index in [1.54, 1.807) is 13.2 Å². The van der Waals surface area contributed by atoms with Crippen LogP contribution in [0.5, 0.6) is 0 Å². The molecule has 0 bridgehead atoms. The third-order valence-corrected chi connectivity index (χ3v) is 5.53. The molecule has 0 aromatic heterocycles. The number of hydrogen-bond donors (Lipinski definition) is 3. The van der Waals surface area contributed by atoms with Crippen molar-refractivity contribution in [2.24, 2.45) is 21.8 Å². The van der Waals surface area contributed by atoms with Crippen LogP contribution in [0.2, 0.25) is 0 Å². The van der Waals surface area contributed by atoms with Crippen LogP contribution in [0.4, 0.5) is 8.78 Å². The number of nitrogens with one attached hydrogen (secondary N) is 2. The summed E-state index contributed by atoms with van der Waals surface area (Å²) in [4.78, 5) is 4.52. The average Bonchev–Trinajstić information content (AvgIpc) is 2.59. The molecule has 1 saturated heterocycles. The van der Waals surface area contributed by atoms with Gasteiger partial charge in [-0.1, -0.05) is 17.8 Å². The van der Waals surface area contributed by atoms with Crippen molar-refractivity contribution >= 4 is 16.9 Å². The fraction of sp³-hybridized carbons (Fsp3) is 0.438. The van der Waals surface area contributed by atoms with E-state index < -0.39 is 17.2 Å².